The van der Waals surface area contributed by atoms with Crippen LogP contribution < -0.4 is 11.1 Å². The Hall–Kier alpha value is -0.880. The standard InChI is InChI=1S/C13H13IN2S/c1-17-11-5-3-10(4-6-11)16-13-7-2-9(14)8-12(13)15/h2-8,16H,15H2,1H3. The van der Waals surface area contributed by atoms with Gasteiger partial charge in [-0.3, -0.25) is 0 Å². The van der Waals surface area contributed by atoms with Crippen LogP contribution in [0.1, 0.15) is 0 Å². The number of hydrogen-bond acceptors (Lipinski definition) is 3. The summed E-state index contributed by atoms with van der Waals surface area (Å²) in [5.74, 6) is 0. The third kappa shape index (κ3) is 3.29. The summed E-state index contributed by atoms with van der Waals surface area (Å²) in [6, 6.07) is 14.3. The smallest absolute Gasteiger partial charge is 0.0618 e. The zero-order chi connectivity index (χ0) is 12.3. The number of nitrogens with two attached hydrogens (primary N) is 1. The molecule has 2 aromatic rings. The second kappa shape index (κ2) is 5.64. The Morgan fingerprint density at radius 3 is 2.41 bits per heavy atom. The normalized spacial score (nSPS) is 10.2. The molecule has 0 aromatic heterocycles. The molecule has 0 aliphatic carbocycles. The van der Waals surface area contributed by atoms with E-state index in [-0.39, 0.29) is 0 Å². The van der Waals surface area contributed by atoms with Crippen molar-refractivity contribution in [2.24, 2.45) is 0 Å². The Bertz CT molecular complexity index is 511. The van der Waals surface area contributed by atoms with Crippen molar-refractivity contribution >= 4 is 51.4 Å². The number of thioether (sulfide) groups is 1. The van der Waals surface area contributed by atoms with E-state index in [0.29, 0.717) is 0 Å². The second-order valence-corrected chi connectivity index (χ2v) is 5.71. The Morgan fingerprint density at radius 1 is 1.12 bits per heavy atom. The van der Waals surface area contributed by atoms with Gasteiger partial charge in [0.15, 0.2) is 0 Å². The highest BCUT2D eigenvalue weighted by Crippen LogP contribution is 2.26. The molecule has 0 unspecified atom stereocenters. The molecule has 17 heavy (non-hydrogen) atoms. The number of hydrogen-bond donors (Lipinski definition) is 2. The van der Waals surface area contributed by atoms with Gasteiger partial charge in [0.05, 0.1) is 11.4 Å². The number of nitrogen functional groups attached to an aromatic ring is 1. The van der Waals surface area contributed by atoms with Crippen LogP contribution in [0, 0.1) is 3.57 Å². The molecule has 0 fully saturated rings. The predicted octanol–water partition coefficient (Wildman–Crippen LogP) is 4.34. The third-order valence-corrected chi connectivity index (χ3v) is 3.80. The minimum absolute atomic E-state index is 0.769. The van der Waals surface area contributed by atoms with Gasteiger partial charge in [0.2, 0.25) is 0 Å². The van der Waals surface area contributed by atoms with E-state index in [9.17, 15) is 0 Å². The molecule has 0 spiro atoms. The van der Waals surface area contributed by atoms with Gasteiger partial charge in [0.1, 0.15) is 0 Å². The molecule has 0 saturated carbocycles. The maximum atomic E-state index is 5.95. The van der Waals surface area contributed by atoms with Gasteiger partial charge in [-0.05, 0) is 71.3 Å². The molecule has 0 radical (unpaired) electrons. The molecule has 3 N–H and O–H groups in total. The first-order valence-electron chi connectivity index (χ1n) is 5.15. The molecule has 0 saturated heterocycles. The lowest BCUT2D eigenvalue weighted by molar-refractivity contribution is 1.44. The number of nitrogens with one attached hydrogen (secondary N) is 1. The van der Waals surface area contributed by atoms with E-state index in [4.69, 9.17) is 5.73 Å². The molecule has 0 heterocycles. The van der Waals surface area contributed by atoms with Gasteiger partial charge in [-0.1, -0.05) is 0 Å². The van der Waals surface area contributed by atoms with Gasteiger partial charge >= 0.3 is 0 Å². The fourth-order valence-electron chi connectivity index (χ4n) is 1.48. The summed E-state index contributed by atoms with van der Waals surface area (Å²) in [5, 5.41) is 3.31. The van der Waals surface area contributed by atoms with E-state index >= 15 is 0 Å². The Balaban J connectivity index is 2.19. The summed E-state index contributed by atoms with van der Waals surface area (Å²) < 4.78 is 1.14. The van der Waals surface area contributed by atoms with Gasteiger partial charge in [-0.25, -0.2) is 0 Å². The van der Waals surface area contributed by atoms with E-state index in [1.165, 1.54) is 4.90 Å². The van der Waals surface area contributed by atoms with Crippen molar-refractivity contribution in [2.45, 2.75) is 4.90 Å². The fraction of sp³-hybridized carbons (Fsp3) is 0.0769. The van der Waals surface area contributed by atoms with Crippen molar-refractivity contribution in [1.82, 2.24) is 0 Å². The fourth-order valence-corrected chi connectivity index (χ4v) is 2.40. The monoisotopic (exact) mass is 356 g/mol. The van der Waals surface area contributed by atoms with Crippen molar-refractivity contribution in [3.8, 4) is 0 Å². The van der Waals surface area contributed by atoms with Gasteiger partial charge in [-0.2, -0.15) is 0 Å². The summed E-state index contributed by atoms with van der Waals surface area (Å²) in [5.41, 5.74) is 8.72. The number of halogens is 1. The first kappa shape index (κ1) is 12.6. The molecule has 88 valence electrons. The van der Waals surface area contributed by atoms with E-state index in [0.717, 1.165) is 20.6 Å². The lowest BCUT2D eigenvalue weighted by atomic mass is 10.2. The van der Waals surface area contributed by atoms with Crippen molar-refractivity contribution in [2.75, 3.05) is 17.3 Å². The van der Waals surface area contributed by atoms with Crippen molar-refractivity contribution in [3.63, 3.8) is 0 Å². The molecule has 0 atom stereocenters. The molecule has 0 aliphatic heterocycles. The van der Waals surface area contributed by atoms with Crippen LogP contribution in [-0.4, -0.2) is 6.26 Å². The average molecular weight is 356 g/mol. The van der Waals surface area contributed by atoms with E-state index in [1.807, 2.05) is 18.2 Å². The predicted molar refractivity (Wildman–Crippen MR) is 85.1 cm³/mol. The molecule has 0 bridgehead atoms. The SMILES string of the molecule is CSc1ccc(Nc2ccc(I)cc2N)cc1. The maximum absolute atomic E-state index is 5.95. The Kier molecular flexibility index (Phi) is 4.17. The van der Waals surface area contributed by atoms with Crippen molar-refractivity contribution < 1.29 is 0 Å². The van der Waals surface area contributed by atoms with Gasteiger partial charge in [0.25, 0.3) is 0 Å². The minimum atomic E-state index is 0.769. The molecule has 0 amide bonds. The topological polar surface area (TPSA) is 38.0 Å². The number of anilines is 3. The molecule has 4 heteroatoms. The van der Waals surface area contributed by atoms with Gasteiger partial charge in [0, 0.05) is 14.2 Å². The highest BCUT2D eigenvalue weighted by Gasteiger charge is 2.00. The number of rotatable bonds is 3. The van der Waals surface area contributed by atoms with Crippen LogP contribution >= 0.6 is 34.4 Å². The van der Waals surface area contributed by atoms with Gasteiger partial charge in [-0.15, -0.1) is 11.8 Å². The molecule has 2 aromatic carbocycles. The molecule has 0 aliphatic rings. The second-order valence-electron chi connectivity index (χ2n) is 3.59. The van der Waals surface area contributed by atoms with Crippen molar-refractivity contribution in [3.05, 3.63) is 46.0 Å². The third-order valence-electron chi connectivity index (χ3n) is 2.38. The number of benzene rings is 2. The van der Waals surface area contributed by atoms with E-state index in [1.54, 1.807) is 11.8 Å². The van der Waals surface area contributed by atoms with Crippen LogP contribution in [-0.2, 0) is 0 Å². The van der Waals surface area contributed by atoms with Crippen LogP contribution in [0.3, 0.4) is 0 Å². The molecular weight excluding hydrogens is 343 g/mol. The van der Waals surface area contributed by atoms with Crippen molar-refractivity contribution in [1.29, 1.82) is 0 Å². The Labute approximate surface area is 119 Å². The summed E-state index contributed by atoms with van der Waals surface area (Å²) in [6.07, 6.45) is 2.07. The molecule has 2 rings (SSSR count). The van der Waals surface area contributed by atoms with E-state index < -0.39 is 0 Å². The first-order chi connectivity index (χ1) is 8.19. The Morgan fingerprint density at radius 2 is 1.82 bits per heavy atom. The zero-order valence-electron chi connectivity index (χ0n) is 9.41. The summed E-state index contributed by atoms with van der Waals surface area (Å²) in [7, 11) is 0. The minimum Gasteiger partial charge on any atom is -0.397 e. The van der Waals surface area contributed by atoms with Crippen LogP contribution in [0.25, 0.3) is 0 Å². The van der Waals surface area contributed by atoms with E-state index in [2.05, 4.69) is 58.4 Å². The summed E-state index contributed by atoms with van der Waals surface area (Å²) >= 11 is 3.99. The lowest BCUT2D eigenvalue weighted by Crippen LogP contribution is -1.96. The van der Waals surface area contributed by atoms with Crippen LogP contribution in [0.5, 0.6) is 0 Å². The quantitative estimate of drug-likeness (QED) is 0.488. The highest BCUT2D eigenvalue weighted by molar-refractivity contribution is 14.1. The largest absolute Gasteiger partial charge is 0.397 e. The van der Waals surface area contributed by atoms with Gasteiger partial charge < -0.3 is 11.1 Å². The van der Waals surface area contributed by atoms with Crippen LogP contribution in [0.15, 0.2) is 47.4 Å². The van der Waals surface area contributed by atoms with Crippen LogP contribution in [0.4, 0.5) is 17.1 Å². The summed E-state index contributed by atoms with van der Waals surface area (Å²) in [4.78, 5) is 1.26. The van der Waals surface area contributed by atoms with Crippen LogP contribution in [0.2, 0.25) is 0 Å². The summed E-state index contributed by atoms with van der Waals surface area (Å²) in [6.45, 7) is 0. The molecule has 2 nitrogen and oxygen atoms in total. The highest BCUT2D eigenvalue weighted by atomic mass is 127. The first-order valence-corrected chi connectivity index (χ1v) is 7.45. The average Bonchev–Trinajstić information content (AvgIpc) is 2.34. The lowest BCUT2D eigenvalue weighted by Gasteiger charge is -2.10. The maximum Gasteiger partial charge on any atom is 0.0618 e. The zero-order valence-corrected chi connectivity index (χ0v) is 12.4. The molecular formula is C13H13IN2S.